The van der Waals surface area contributed by atoms with Gasteiger partial charge in [0.25, 0.3) is 0 Å². The fraction of sp³-hybridized carbons (Fsp3) is 0.647. The summed E-state index contributed by atoms with van der Waals surface area (Å²) < 4.78 is 6.44. The number of benzene rings is 1. The van der Waals surface area contributed by atoms with Gasteiger partial charge in [0, 0.05) is 37.1 Å². The molecule has 9 nitrogen and oxygen atoms in total. The fourth-order valence-corrected chi connectivity index (χ4v) is 7.62. The average Bonchev–Trinajstić information content (AvgIpc) is 3.63. The minimum atomic E-state index is -0.406. The van der Waals surface area contributed by atoms with Gasteiger partial charge >= 0.3 is 0 Å². The number of ketones is 1. The molecule has 0 spiro atoms. The summed E-state index contributed by atoms with van der Waals surface area (Å²) in [5.41, 5.74) is 2.86. The summed E-state index contributed by atoms with van der Waals surface area (Å²) in [7, 11) is 4.01. The first-order valence-electron chi connectivity index (χ1n) is 16.4. The van der Waals surface area contributed by atoms with E-state index in [1.807, 2.05) is 19.2 Å². The van der Waals surface area contributed by atoms with Crippen LogP contribution in [0.25, 0.3) is 0 Å². The van der Waals surface area contributed by atoms with Gasteiger partial charge in [-0.3, -0.25) is 9.59 Å². The Hall–Kier alpha value is -3.20. The van der Waals surface area contributed by atoms with Gasteiger partial charge in [0.05, 0.1) is 11.9 Å². The van der Waals surface area contributed by atoms with E-state index in [1.165, 1.54) is 25.7 Å². The first-order valence-corrected chi connectivity index (χ1v) is 16.4. The van der Waals surface area contributed by atoms with E-state index in [-0.39, 0.29) is 17.7 Å². The number of carbonyl (C=O) groups is 2. The number of hydrogen-bond donors (Lipinski definition) is 1. The summed E-state index contributed by atoms with van der Waals surface area (Å²) in [5, 5.41) is 3.43. The van der Waals surface area contributed by atoms with Gasteiger partial charge in [0.2, 0.25) is 11.9 Å². The van der Waals surface area contributed by atoms with Crippen molar-refractivity contribution in [2.45, 2.75) is 109 Å². The minimum absolute atomic E-state index is 0.103. The molecule has 3 aliphatic heterocycles. The van der Waals surface area contributed by atoms with Gasteiger partial charge in [0.1, 0.15) is 23.1 Å². The normalized spacial score (nSPS) is 22.4. The Morgan fingerprint density at radius 3 is 2.58 bits per heavy atom. The van der Waals surface area contributed by atoms with Gasteiger partial charge < -0.3 is 24.8 Å². The number of hydrogen-bond acceptors (Lipinski definition) is 8. The molecule has 1 aromatic heterocycles. The first-order chi connectivity index (χ1) is 20.6. The molecule has 4 heterocycles. The van der Waals surface area contributed by atoms with Crippen molar-refractivity contribution in [3.63, 3.8) is 0 Å². The molecule has 0 bridgehead atoms. The summed E-state index contributed by atoms with van der Waals surface area (Å²) in [5.74, 6) is 3.03. The third-order valence-electron chi connectivity index (χ3n) is 10.1. The van der Waals surface area contributed by atoms with E-state index in [9.17, 15) is 9.59 Å². The van der Waals surface area contributed by atoms with E-state index in [0.29, 0.717) is 24.8 Å². The second-order valence-electron chi connectivity index (χ2n) is 13.8. The van der Waals surface area contributed by atoms with E-state index in [1.54, 1.807) is 11.1 Å². The van der Waals surface area contributed by atoms with Crippen LogP contribution in [0.15, 0.2) is 18.3 Å². The SMILES string of the molecule is CC[C@@H]1C(=O)N(C)c2cnc(Nc3ccc(C(=O)CCCC4CCN(C)CC4)c4c3OC(C)(C)C4)nc2N1C1CCCC1. The molecule has 1 aromatic carbocycles. The lowest BCUT2D eigenvalue weighted by molar-refractivity contribution is -0.120. The van der Waals surface area contributed by atoms with Crippen molar-refractivity contribution >= 4 is 34.8 Å². The van der Waals surface area contributed by atoms with Crippen molar-refractivity contribution in [1.82, 2.24) is 14.9 Å². The number of aromatic nitrogens is 2. The standard InChI is InChI=1S/C34H48N6O3/c1-6-27-32(42)39(5)28-21-35-33(37-31(28)40(27)23-11-7-8-12-23)36-26-15-14-24(25-20-34(2,3)43-30(25)26)29(41)13-9-10-22-16-18-38(4)19-17-22/h14-15,21-23,27H,6-13,16-20H2,1-5H3,(H,35,36,37)/t27-/m1/s1. The lowest BCUT2D eigenvalue weighted by Gasteiger charge is -2.43. The predicted octanol–water partition coefficient (Wildman–Crippen LogP) is 6.13. The van der Waals surface area contributed by atoms with Gasteiger partial charge in [-0.25, -0.2) is 4.98 Å². The number of piperidine rings is 1. The molecule has 1 saturated heterocycles. The highest BCUT2D eigenvalue weighted by Crippen LogP contribution is 2.45. The maximum Gasteiger partial charge on any atom is 0.249 e. The Labute approximate surface area is 256 Å². The molecule has 2 fully saturated rings. The Morgan fingerprint density at radius 2 is 1.86 bits per heavy atom. The highest BCUT2D eigenvalue weighted by atomic mass is 16.5. The van der Waals surface area contributed by atoms with Crippen LogP contribution in [0.1, 0.15) is 101 Å². The van der Waals surface area contributed by atoms with Crippen LogP contribution < -0.4 is 19.9 Å². The molecule has 1 saturated carbocycles. The Balaban J connectivity index is 1.24. The lowest BCUT2D eigenvalue weighted by atomic mass is 9.89. The molecule has 9 heteroatoms. The molecule has 1 N–H and O–H groups in total. The van der Waals surface area contributed by atoms with E-state index >= 15 is 0 Å². The number of nitrogens with zero attached hydrogens (tertiary/aromatic N) is 5. The number of likely N-dealkylation sites (tertiary alicyclic amines) is 1. The second kappa shape index (κ2) is 12.1. The molecule has 232 valence electrons. The number of ether oxygens (including phenoxy) is 1. The van der Waals surface area contributed by atoms with Crippen LogP contribution in [0.2, 0.25) is 0 Å². The lowest BCUT2D eigenvalue weighted by Crippen LogP contribution is -2.55. The minimum Gasteiger partial charge on any atom is -0.485 e. The molecular formula is C34H48N6O3. The number of amides is 1. The van der Waals surface area contributed by atoms with Crippen LogP contribution in [-0.2, 0) is 11.2 Å². The molecule has 2 aromatic rings. The van der Waals surface area contributed by atoms with Crippen molar-refractivity contribution in [2.75, 3.05) is 42.3 Å². The van der Waals surface area contributed by atoms with Gasteiger partial charge in [-0.05, 0) is 97.0 Å². The fourth-order valence-electron chi connectivity index (χ4n) is 7.62. The van der Waals surface area contributed by atoms with Crippen molar-refractivity contribution in [3.05, 3.63) is 29.5 Å². The number of fused-ring (bicyclic) bond motifs is 2. The third-order valence-corrected chi connectivity index (χ3v) is 10.1. The molecular weight excluding hydrogens is 540 g/mol. The van der Waals surface area contributed by atoms with Gasteiger partial charge in [0.15, 0.2) is 11.6 Å². The molecule has 0 radical (unpaired) electrons. The molecule has 4 aliphatic rings. The average molecular weight is 589 g/mol. The number of nitrogens with one attached hydrogen (secondary N) is 1. The van der Waals surface area contributed by atoms with E-state index in [2.05, 4.69) is 47.9 Å². The zero-order valence-electron chi connectivity index (χ0n) is 26.6. The van der Waals surface area contributed by atoms with Crippen molar-refractivity contribution in [3.8, 4) is 5.75 Å². The van der Waals surface area contributed by atoms with Crippen LogP contribution in [0.5, 0.6) is 5.75 Å². The second-order valence-corrected chi connectivity index (χ2v) is 13.8. The summed E-state index contributed by atoms with van der Waals surface area (Å²) in [6.45, 7) is 8.53. The van der Waals surface area contributed by atoms with E-state index in [4.69, 9.17) is 9.72 Å². The van der Waals surface area contributed by atoms with Crippen LogP contribution in [0, 0.1) is 5.92 Å². The highest BCUT2D eigenvalue weighted by Gasteiger charge is 2.41. The van der Waals surface area contributed by atoms with Crippen molar-refractivity contribution < 1.29 is 14.3 Å². The zero-order valence-corrected chi connectivity index (χ0v) is 26.6. The Bertz CT molecular complexity index is 1360. The molecule has 1 amide bonds. The number of likely N-dealkylation sites (N-methyl/N-ethyl adjacent to an activating group) is 1. The van der Waals surface area contributed by atoms with Crippen LogP contribution in [0.4, 0.5) is 23.1 Å². The van der Waals surface area contributed by atoms with Crippen LogP contribution in [-0.4, -0.2) is 71.4 Å². The molecule has 1 aliphatic carbocycles. The van der Waals surface area contributed by atoms with Gasteiger partial charge in [-0.1, -0.05) is 19.8 Å². The van der Waals surface area contributed by atoms with E-state index < -0.39 is 5.60 Å². The van der Waals surface area contributed by atoms with Crippen molar-refractivity contribution in [1.29, 1.82) is 0 Å². The first kappa shape index (κ1) is 29.9. The number of anilines is 4. The number of carbonyl (C=O) groups excluding carboxylic acids is 2. The van der Waals surface area contributed by atoms with Gasteiger partial charge in [-0.2, -0.15) is 4.98 Å². The van der Waals surface area contributed by atoms with Crippen LogP contribution >= 0.6 is 0 Å². The Morgan fingerprint density at radius 1 is 1.12 bits per heavy atom. The summed E-state index contributed by atoms with van der Waals surface area (Å²) in [6, 6.07) is 3.97. The monoisotopic (exact) mass is 588 g/mol. The largest absolute Gasteiger partial charge is 0.485 e. The number of rotatable bonds is 9. The summed E-state index contributed by atoms with van der Waals surface area (Å²) in [4.78, 5) is 42.7. The van der Waals surface area contributed by atoms with Gasteiger partial charge in [-0.15, -0.1) is 0 Å². The zero-order chi connectivity index (χ0) is 30.3. The molecule has 0 unspecified atom stereocenters. The maximum absolute atomic E-state index is 13.5. The Kier molecular flexibility index (Phi) is 8.37. The predicted molar refractivity (Wildman–Crippen MR) is 171 cm³/mol. The molecule has 43 heavy (non-hydrogen) atoms. The molecule has 6 rings (SSSR count). The highest BCUT2D eigenvalue weighted by molar-refractivity contribution is 6.04. The van der Waals surface area contributed by atoms with E-state index in [0.717, 1.165) is 85.2 Å². The summed E-state index contributed by atoms with van der Waals surface area (Å²) >= 11 is 0. The summed E-state index contributed by atoms with van der Waals surface area (Å²) in [6.07, 6.45) is 12.8. The van der Waals surface area contributed by atoms with Crippen molar-refractivity contribution in [2.24, 2.45) is 5.92 Å². The maximum atomic E-state index is 13.5. The topological polar surface area (TPSA) is 90.9 Å². The van der Waals surface area contributed by atoms with Crippen LogP contribution in [0.3, 0.4) is 0 Å². The smallest absolute Gasteiger partial charge is 0.249 e. The quantitative estimate of drug-likeness (QED) is 0.350. The third kappa shape index (κ3) is 5.97. The molecule has 1 atom stereocenters. The number of Topliss-reactive ketones (excluding diaryl/α,β-unsaturated/α-hetero) is 1.